The molecule has 0 aromatic heterocycles. The SMILES string of the molecule is CO[C@@H](CC/C=C/C(=O)Nc1ccccc1N)[C@@H](OC(=O)Nc1ccc2c(c1)OCO2)c1ccc(O)c2ccccc12. The van der Waals surface area contributed by atoms with Crippen LogP contribution in [-0.4, -0.2) is 37.1 Å². The van der Waals surface area contributed by atoms with Crippen molar-refractivity contribution >= 4 is 39.8 Å². The summed E-state index contributed by atoms with van der Waals surface area (Å²) in [5.41, 5.74) is 8.04. The van der Waals surface area contributed by atoms with Crippen LogP contribution in [0.15, 0.2) is 91.0 Å². The number of hydrogen-bond donors (Lipinski definition) is 4. The molecule has 0 bridgehead atoms. The van der Waals surface area contributed by atoms with Gasteiger partial charge >= 0.3 is 6.09 Å². The molecule has 2 atom stereocenters. The van der Waals surface area contributed by atoms with E-state index in [-0.39, 0.29) is 18.4 Å². The number of benzene rings is 4. The number of allylic oxidation sites excluding steroid dienone is 1. The number of anilines is 3. The van der Waals surface area contributed by atoms with Gasteiger partial charge in [0.1, 0.15) is 5.75 Å². The molecule has 0 radical (unpaired) electrons. The molecule has 5 N–H and O–H groups in total. The Morgan fingerprint density at radius 2 is 1.74 bits per heavy atom. The molecule has 1 aliphatic heterocycles. The predicted octanol–water partition coefficient (Wildman–Crippen LogP) is 6.14. The van der Waals surface area contributed by atoms with Crippen LogP contribution in [0.3, 0.4) is 0 Å². The molecule has 4 aromatic rings. The molecule has 42 heavy (non-hydrogen) atoms. The van der Waals surface area contributed by atoms with Crippen molar-refractivity contribution in [3.63, 3.8) is 0 Å². The van der Waals surface area contributed by atoms with Crippen LogP contribution in [0.5, 0.6) is 17.2 Å². The highest BCUT2D eigenvalue weighted by Crippen LogP contribution is 2.37. The Morgan fingerprint density at radius 1 is 0.976 bits per heavy atom. The fourth-order valence-corrected chi connectivity index (χ4v) is 4.76. The summed E-state index contributed by atoms with van der Waals surface area (Å²) >= 11 is 0. The minimum Gasteiger partial charge on any atom is -0.507 e. The van der Waals surface area contributed by atoms with Crippen molar-refractivity contribution in [2.75, 3.05) is 30.3 Å². The summed E-state index contributed by atoms with van der Waals surface area (Å²) in [6.07, 6.45) is 1.89. The van der Waals surface area contributed by atoms with Crippen LogP contribution in [0.2, 0.25) is 0 Å². The molecule has 0 spiro atoms. The molecule has 1 heterocycles. The Bertz CT molecular complexity index is 1620. The van der Waals surface area contributed by atoms with Crippen molar-refractivity contribution in [1.82, 2.24) is 0 Å². The largest absolute Gasteiger partial charge is 0.507 e. The van der Waals surface area contributed by atoms with E-state index in [0.29, 0.717) is 52.4 Å². The quantitative estimate of drug-likeness (QED) is 0.132. The summed E-state index contributed by atoms with van der Waals surface area (Å²) in [4.78, 5) is 25.6. The summed E-state index contributed by atoms with van der Waals surface area (Å²) in [5, 5.41) is 17.3. The van der Waals surface area contributed by atoms with Gasteiger partial charge in [0.25, 0.3) is 0 Å². The molecular formula is C32H31N3O7. The van der Waals surface area contributed by atoms with Crippen LogP contribution >= 0.6 is 0 Å². The highest BCUT2D eigenvalue weighted by molar-refractivity contribution is 6.01. The van der Waals surface area contributed by atoms with Crippen LogP contribution in [0, 0.1) is 0 Å². The number of rotatable bonds is 10. The second-order valence-corrected chi connectivity index (χ2v) is 9.57. The van der Waals surface area contributed by atoms with E-state index in [0.717, 1.165) is 5.39 Å². The van der Waals surface area contributed by atoms with Crippen LogP contribution in [0.25, 0.3) is 10.8 Å². The van der Waals surface area contributed by atoms with E-state index < -0.39 is 18.3 Å². The van der Waals surface area contributed by atoms with Crippen molar-refractivity contribution in [2.24, 2.45) is 0 Å². The van der Waals surface area contributed by atoms with Crippen molar-refractivity contribution < 1.29 is 33.6 Å². The topological polar surface area (TPSA) is 141 Å². The second-order valence-electron chi connectivity index (χ2n) is 9.57. The van der Waals surface area contributed by atoms with E-state index in [1.165, 1.54) is 13.2 Å². The molecular weight excluding hydrogens is 538 g/mol. The molecule has 5 rings (SSSR count). The number of carbonyl (C=O) groups excluding carboxylic acids is 2. The van der Waals surface area contributed by atoms with Crippen molar-refractivity contribution in [3.05, 3.63) is 96.6 Å². The van der Waals surface area contributed by atoms with Crippen molar-refractivity contribution in [1.29, 1.82) is 0 Å². The average molecular weight is 570 g/mol. The van der Waals surface area contributed by atoms with Crippen LogP contribution in [0.4, 0.5) is 21.9 Å². The smallest absolute Gasteiger partial charge is 0.412 e. The zero-order chi connectivity index (χ0) is 29.5. The zero-order valence-electron chi connectivity index (χ0n) is 22.9. The van der Waals surface area contributed by atoms with Gasteiger partial charge in [-0.2, -0.15) is 0 Å². The first-order valence-electron chi connectivity index (χ1n) is 13.4. The number of aromatic hydroxyl groups is 1. The van der Waals surface area contributed by atoms with Crippen molar-refractivity contribution in [3.8, 4) is 17.2 Å². The molecule has 216 valence electrons. The molecule has 0 unspecified atom stereocenters. The van der Waals surface area contributed by atoms with E-state index in [1.54, 1.807) is 66.7 Å². The maximum atomic E-state index is 13.2. The molecule has 1 aliphatic rings. The van der Waals surface area contributed by atoms with Gasteiger partial charge in [0.05, 0.1) is 17.5 Å². The maximum absolute atomic E-state index is 13.2. The normalized spacial score (nSPS) is 13.5. The van der Waals surface area contributed by atoms with Crippen LogP contribution < -0.4 is 25.8 Å². The van der Waals surface area contributed by atoms with Gasteiger partial charge in [0.15, 0.2) is 17.6 Å². The van der Waals surface area contributed by atoms with Gasteiger partial charge in [0.2, 0.25) is 12.7 Å². The number of hydrogen-bond acceptors (Lipinski definition) is 8. The average Bonchev–Trinajstić information content (AvgIpc) is 3.46. The standard InChI is InChI=1S/C32H31N3O7/c1-39-28(12-6-7-13-30(37)35-25-11-5-4-10-24(25)33)31(23-15-16-26(36)22-9-3-2-8-21(22)23)42-32(38)34-20-14-17-27-29(18-20)41-19-40-27/h2-5,7-11,13-18,28,31,36H,6,12,19,33H2,1H3,(H,34,38)(H,35,37)/b13-7+/t28-,31-/m0/s1. The number of nitrogens with one attached hydrogen (secondary N) is 2. The number of para-hydroxylation sites is 2. The molecule has 10 nitrogen and oxygen atoms in total. The Hall–Kier alpha value is -5.22. The first-order chi connectivity index (χ1) is 20.4. The molecule has 0 fully saturated rings. The molecule has 0 saturated carbocycles. The van der Waals surface area contributed by atoms with Gasteiger partial charge in [-0.25, -0.2) is 4.79 Å². The van der Waals surface area contributed by atoms with Crippen LogP contribution in [-0.2, 0) is 14.3 Å². The third kappa shape index (κ3) is 6.56. The lowest BCUT2D eigenvalue weighted by molar-refractivity contribution is -0.111. The second kappa shape index (κ2) is 13.0. The fraction of sp³-hybridized carbons (Fsp3) is 0.188. The van der Waals surface area contributed by atoms with Gasteiger partial charge in [0, 0.05) is 29.8 Å². The predicted molar refractivity (Wildman–Crippen MR) is 160 cm³/mol. The Kier molecular flexibility index (Phi) is 8.74. The number of fused-ring (bicyclic) bond motifs is 2. The van der Waals surface area contributed by atoms with Gasteiger partial charge in [-0.1, -0.05) is 48.5 Å². The van der Waals surface area contributed by atoms with E-state index in [4.69, 9.17) is 24.7 Å². The fourth-order valence-electron chi connectivity index (χ4n) is 4.76. The number of ether oxygens (including phenoxy) is 4. The summed E-state index contributed by atoms with van der Waals surface area (Å²) < 4.78 is 22.5. The van der Waals surface area contributed by atoms with E-state index >= 15 is 0 Å². The minimum atomic E-state index is -0.846. The summed E-state index contributed by atoms with van der Waals surface area (Å²) in [7, 11) is 1.54. The third-order valence-corrected chi connectivity index (χ3v) is 6.84. The number of amides is 2. The monoisotopic (exact) mass is 569 g/mol. The first kappa shape index (κ1) is 28.3. The zero-order valence-corrected chi connectivity index (χ0v) is 22.9. The summed E-state index contributed by atoms with van der Waals surface area (Å²) in [6.45, 7) is 0.116. The summed E-state index contributed by atoms with van der Waals surface area (Å²) in [6, 6.07) is 22.6. The lowest BCUT2D eigenvalue weighted by Gasteiger charge is -2.27. The molecule has 0 saturated heterocycles. The molecule has 2 amide bonds. The number of phenols is 1. The highest BCUT2D eigenvalue weighted by Gasteiger charge is 2.29. The first-order valence-corrected chi connectivity index (χ1v) is 13.4. The van der Waals surface area contributed by atoms with Gasteiger partial charge < -0.3 is 35.1 Å². The minimum absolute atomic E-state index is 0.111. The van der Waals surface area contributed by atoms with Crippen molar-refractivity contribution in [2.45, 2.75) is 25.0 Å². The van der Waals surface area contributed by atoms with Crippen LogP contribution in [0.1, 0.15) is 24.5 Å². The number of methoxy groups -OCH3 is 1. The Balaban J connectivity index is 1.33. The summed E-state index contributed by atoms with van der Waals surface area (Å²) in [5.74, 6) is 0.910. The van der Waals surface area contributed by atoms with E-state index in [9.17, 15) is 14.7 Å². The van der Waals surface area contributed by atoms with E-state index in [1.807, 2.05) is 18.2 Å². The third-order valence-electron chi connectivity index (χ3n) is 6.84. The lowest BCUT2D eigenvalue weighted by atomic mass is 9.94. The lowest BCUT2D eigenvalue weighted by Crippen LogP contribution is -2.28. The number of nitrogens with two attached hydrogens (primary N) is 1. The Labute approximate surface area is 242 Å². The van der Waals surface area contributed by atoms with Gasteiger partial charge in [-0.05, 0) is 54.6 Å². The number of carbonyl (C=O) groups is 2. The number of phenolic OH excluding ortho intramolecular Hbond substituents is 1. The number of nitrogen functional groups attached to an aromatic ring is 1. The highest BCUT2D eigenvalue weighted by atomic mass is 16.7. The molecule has 4 aromatic carbocycles. The van der Waals surface area contributed by atoms with E-state index in [2.05, 4.69) is 10.6 Å². The van der Waals surface area contributed by atoms with Gasteiger partial charge in [-0.15, -0.1) is 0 Å². The van der Waals surface area contributed by atoms with Gasteiger partial charge in [-0.3, -0.25) is 10.1 Å². The Morgan fingerprint density at radius 3 is 2.55 bits per heavy atom. The molecule has 0 aliphatic carbocycles. The molecule has 10 heteroatoms. The maximum Gasteiger partial charge on any atom is 0.412 e.